The van der Waals surface area contributed by atoms with Crippen LogP contribution in [0.25, 0.3) is 0 Å². The monoisotopic (exact) mass is 582 g/mol. The fourth-order valence-corrected chi connectivity index (χ4v) is 5.76. The van der Waals surface area contributed by atoms with Crippen molar-refractivity contribution in [1.29, 1.82) is 0 Å². The molecule has 40 heavy (non-hydrogen) atoms. The third kappa shape index (κ3) is 5.57. The van der Waals surface area contributed by atoms with E-state index in [1.165, 1.54) is 22.2 Å². The highest BCUT2D eigenvalue weighted by atomic mass is 35.5. The van der Waals surface area contributed by atoms with Crippen molar-refractivity contribution in [2.45, 2.75) is 19.4 Å². The summed E-state index contributed by atoms with van der Waals surface area (Å²) in [6, 6.07) is 11.2. The first-order chi connectivity index (χ1) is 19.5. The Morgan fingerprint density at radius 3 is 2.80 bits per heavy atom. The molecular weight excluding hydrogens is 555 g/mol. The van der Waals surface area contributed by atoms with Gasteiger partial charge >= 0.3 is 0 Å². The number of hydrogen-bond acceptors (Lipinski definition) is 8. The largest absolute Gasteiger partial charge is 0.455 e. The molecule has 3 aliphatic heterocycles. The SMILES string of the molecule is O=C(NCCN1CCc2ccc(Nc3ncc4c(n3)OCN(c3c(Cl)cccc3Cl)C4=O)cc2C1)C1CCOC1. The molecule has 2 aromatic carbocycles. The van der Waals surface area contributed by atoms with Crippen molar-refractivity contribution in [3.8, 4) is 5.88 Å². The van der Waals surface area contributed by atoms with Gasteiger partial charge in [-0.2, -0.15) is 4.98 Å². The number of carbonyl (C=O) groups excluding carboxylic acids is 2. The van der Waals surface area contributed by atoms with Crippen molar-refractivity contribution >= 4 is 52.3 Å². The van der Waals surface area contributed by atoms with Crippen molar-refractivity contribution in [3.63, 3.8) is 0 Å². The van der Waals surface area contributed by atoms with E-state index in [2.05, 4.69) is 37.6 Å². The fourth-order valence-electron chi connectivity index (χ4n) is 5.16. The lowest BCUT2D eigenvalue weighted by Gasteiger charge is -2.29. The highest BCUT2D eigenvalue weighted by Crippen LogP contribution is 2.37. The third-order valence-corrected chi connectivity index (χ3v) is 7.96. The van der Waals surface area contributed by atoms with E-state index in [0.29, 0.717) is 41.4 Å². The van der Waals surface area contributed by atoms with Gasteiger partial charge in [-0.05, 0) is 48.2 Å². The number of amides is 2. The van der Waals surface area contributed by atoms with Gasteiger partial charge in [0.05, 0.1) is 28.3 Å². The molecule has 1 saturated heterocycles. The van der Waals surface area contributed by atoms with Crippen molar-refractivity contribution in [1.82, 2.24) is 20.2 Å². The number of nitrogens with one attached hydrogen (secondary N) is 2. The van der Waals surface area contributed by atoms with Crippen molar-refractivity contribution in [2.24, 2.45) is 5.92 Å². The number of benzene rings is 2. The van der Waals surface area contributed by atoms with Gasteiger partial charge < -0.3 is 20.1 Å². The summed E-state index contributed by atoms with van der Waals surface area (Å²) < 4.78 is 11.1. The Morgan fingerprint density at radius 1 is 1.15 bits per heavy atom. The van der Waals surface area contributed by atoms with Gasteiger partial charge in [-0.3, -0.25) is 19.4 Å². The van der Waals surface area contributed by atoms with Crippen molar-refractivity contribution in [2.75, 3.05) is 49.8 Å². The summed E-state index contributed by atoms with van der Waals surface area (Å²) in [5.41, 5.74) is 3.96. The maximum absolute atomic E-state index is 13.2. The van der Waals surface area contributed by atoms with Crippen LogP contribution >= 0.6 is 23.2 Å². The molecule has 1 fully saturated rings. The quantitative estimate of drug-likeness (QED) is 0.429. The predicted octanol–water partition coefficient (Wildman–Crippen LogP) is 4.03. The van der Waals surface area contributed by atoms with E-state index in [4.69, 9.17) is 32.7 Å². The number of rotatable bonds is 7. The Hall–Kier alpha value is -3.44. The number of para-hydroxylation sites is 1. The number of fused-ring (bicyclic) bond motifs is 2. The van der Waals surface area contributed by atoms with Gasteiger partial charge in [0.1, 0.15) is 5.56 Å². The summed E-state index contributed by atoms with van der Waals surface area (Å²) in [5.74, 6) is 0.228. The number of hydrogen-bond donors (Lipinski definition) is 2. The van der Waals surface area contributed by atoms with E-state index in [9.17, 15) is 9.59 Å². The number of ether oxygens (including phenoxy) is 2. The predicted molar refractivity (Wildman–Crippen MR) is 151 cm³/mol. The topological polar surface area (TPSA) is 109 Å². The number of nitrogens with zero attached hydrogens (tertiary/aromatic N) is 4. The van der Waals surface area contributed by atoms with E-state index in [1.54, 1.807) is 18.2 Å². The lowest BCUT2D eigenvalue weighted by molar-refractivity contribution is -0.125. The first-order valence-electron chi connectivity index (χ1n) is 13.2. The number of aromatic nitrogens is 2. The van der Waals surface area contributed by atoms with Gasteiger partial charge in [0.25, 0.3) is 5.91 Å². The molecule has 3 aliphatic rings. The summed E-state index contributed by atoms with van der Waals surface area (Å²) >= 11 is 12.6. The molecule has 1 unspecified atom stereocenters. The first-order valence-corrected chi connectivity index (χ1v) is 13.9. The van der Waals surface area contributed by atoms with Crippen LogP contribution in [0.15, 0.2) is 42.6 Å². The molecule has 4 heterocycles. The second-order valence-corrected chi connectivity index (χ2v) is 10.8. The molecule has 208 valence electrons. The van der Waals surface area contributed by atoms with Gasteiger partial charge in [-0.15, -0.1) is 0 Å². The van der Waals surface area contributed by atoms with Crippen LogP contribution in [0.1, 0.15) is 27.9 Å². The Balaban J connectivity index is 1.09. The Kier molecular flexibility index (Phi) is 7.75. The van der Waals surface area contributed by atoms with Gasteiger partial charge in [-0.25, -0.2) is 4.98 Å². The van der Waals surface area contributed by atoms with Crippen LogP contribution in [-0.2, 0) is 22.5 Å². The van der Waals surface area contributed by atoms with Gasteiger partial charge in [-0.1, -0.05) is 35.3 Å². The Labute approximate surface area is 241 Å². The van der Waals surface area contributed by atoms with Gasteiger partial charge in [0.15, 0.2) is 6.73 Å². The minimum atomic E-state index is -0.343. The zero-order valence-electron chi connectivity index (χ0n) is 21.7. The molecule has 12 heteroatoms. The molecule has 10 nitrogen and oxygen atoms in total. The second-order valence-electron chi connectivity index (χ2n) is 9.98. The number of carbonyl (C=O) groups is 2. The molecule has 1 atom stereocenters. The molecule has 0 bridgehead atoms. The van der Waals surface area contributed by atoms with Crippen LogP contribution in [0.3, 0.4) is 0 Å². The summed E-state index contributed by atoms with van der Waals surface area (Å²) in [6.07, 6.45) is 3.18. The average molecular weight is 583 g/mol. The number of halogens is 2. The minimum absolute atomic E-state index is 0.0233. The summed E-state index contributed by atoms with van der Waals surface area (Å²) in [6.45, 7) is 4.24. The second kappa shape index (κ2) is 11.6. The molecule has 0 spiro atoms. The molecule has 1 aromatic heterocycles. The smallest absolute Gasteiger partial charge is 0.268 e. The van der Waals surface area contributed by atoms with Crippen LogP contribution in [0.5, 0.6) is 5.88 Å². The van der Waals surface area contributed by atoms with E-state index in [0.717, 1.165) is 38.2 Å². The molecular formula is C28H28Cl2N6O4. The van der Waals surface area contributed by atoms with E-state index < -0.39 is 0 Å². The molecule has 6 rings (SSSR count). The van der Waals surface area contributed by atoms with Crippen LogP contribution in [0.4, 0.5) is 17.3 Å². The standard InChI is InChI=1S/C28H28Cl2N6O4/c29-22-2-1-3-23(30)24(22)36-16-40-26-21(27(36)38)13-32-28(34-26)33-20-5-4-17-6-9-35(14-19(17)12-20)10-8-31-25(37)18-7-11-39-15-18/h1-5,12-13,18H,6-11,14-16H2,(H,31,37)(H,32,33,34). The van der Waals surface area contributed by atoms with Crippen LogP contribution < -0.4 is 20.3 Å². The molecule has 0 aliphatic carbocycles. The molecule has 3 aromatic rings. The lowest BCUT2D eigenvalue weighted by atomic mass is 9.99. The lowest BCUT2D eigenvalue weighted by Crippen LogP contribution is -2.39. The first kappa shape index (κ1) is 26.8. The van der Waals surface area contributed by atoms with Crippen LogP contribution in [0, 0.1) is 5.92 Å². The Bertz CT molecular complexity index is 1430. The van der Waals surface area contributed by atoms with E-state index in [1.807, 2.05) is 6.07 Å². The van der Waals surface area contributed by atoms with Gasteiger partial charge in [0, 0.05) is 44.7 Å². The zero-order chi connectivity index (χ0) is 27.6. The van der Waals surface area contributed by atoms with Gasteiger partial charge in [0.2, 0.25) is 17.7 Å². The summed E-state index contributed by atoms with van der Waals surface area (Å²) in [7, 11) is 0. The van der Waals surface area contributed by atoms with E-state index in [-0.39, 0.29) is 35.9 Å². The van der Waals surface area contributed by atoms with Crippen molar-refractivity contribution in [3.05, 3.63) is 69.3 Å². The minimum Gasteiger partial charge on any atom is -0.455 e. The third-order valence-electron chi connectivity index (χ3n) is 7.35. The molecule has 0 saturated carbocycles. The molecule has 2 amide bonds. The van der Waals surface area contributed by atoms with Crippen molar-refractivity contribution < 1.29 is 19.1 Å². The highest BCUT2D eigenvalue weighted by molar-refractivity contribution is 6.40. The van der Waals surface area contributed by atoms with Crippen LogP contribution in [0.2, 0.25) is 10.0 Å². The average Bonchev–Trinajstić information content (AvgIpc) is 3.49. The van der Waals surface area contributed by atoms with Crippen LogP contribution in [-0.4, -0.2) is 66.3 Å². The summed E-state index contributed by atoms with van der Waals surface area (Å²) in [5, 5.41) is 6.97. The fraction of sp³-hybridized carbons (Fsp3) is 0.357. The molecule has 2 N–H and O–H groups in total. The zero-order valence-corrected chi connectivity index (χ0v) is 23.2. The van der Waals surface area contributed by atoms with E-state index >= 15 is 0 Å². The maximum Gasteiger partial charge on any atom is 0.268 e. The number of anilines is 3. The summed E-state index contributed by atoms with van der Waals surface area (Å²) in [4.78, 5) is 37.9. The Morgan fingerprint density at radius 2 is 2.00 bits per heavy atom. The maximum atomic E-state index is 13.2. The highest BCUT2D eigenvalue weighted by Gasteiger charge is 2.31. The normalized spacial score (nSPS) is 18.6. The molecule has 0 radical (unpaired) electrons.